The number of hydrogen-bond donors (Lipinski definition) is 0. The third-order valence-electron chi connectivity index (χ3n) is 2.53. The molecule has 9 heteroatoms. The Hall–Kier alpha value is -1.90. The molecule has 0 unspecified atom stereocenters. The molecule has 0 aliphatic carbocycles. The number of rotatable bonds is 3. The number of carbonyl (C=O) groups is 1. The molecule has 0 spiro atoms. The van der Waals surface area contributed by atoms with Crippen LogP contribution in [0.25, 0.3) is 0 Å². The highest BCUT2D eigenvalue weighted by Crippen LogP contribution is 2.45. The summed E-state index contributed by atoms with van der Waals surface area (Å²) in [5, 5.41) is 0. The Balaban J connectivity index is 2.46. The van der Waals surface area contributed by atoms with Crippen molar-refractivity contribution in [1.82, 2.24) is 4.98 Å². The van der Waals surface area contributed by atoms with Crippen LogP contribution in [0.4, 0.5) is 26.3 Å². The predicted octanol–water partition coefficient (Wildman–Crippen LogP) is 4.17. The standard InChI is InChI=1S/C12H5F6NOS/c13-7-3-1-6(2-4-7)8(20)9-10(19-5-21-9)11(14,15)12(16,17)18/h1-5H. The van der Waals surface area contributed by atoms with Crippen LogP contribution in [-0.2, 0) is 5.92 Å². The van der Waals surface area contributed by atoms with E-state index in [9.17, 15) is 31.1 Å². The van der Waals surface area contributed by atoms with Crippen LogP contribution in [0.1, 0.15) is 20.9 Å². The maximum Gasteiger partial charge on any atom is 0.459 e. The monoisotopic (exact) mass is 325 g/mol. The van der Waals surface area contributed by atoms with Crippen molar-refractivity contribution in [2.45, 2.75) is 12.1 Å². The van der Waals surface area contributed by atoms with Gasteiger partial charge in [0.05, 0.1) is 5.51 Å². The first kappa shape index (κ1) is 15.5. The fourth-order valence-corrected chi connectivity index (χ4v) is 2.28. The number of ketones is 1. The number of alkyl halides is 5. The SMILES string of the molecule is O=C(c1ccc(F)cc1)c1scnc1C(F)(F)C(F)(F)F. The van der Waals surface area contributed by atoms with Crippen LogP contribution < -0.4 is 0 Å². The second-order valence-electron chi connectivity index (χ2n) is 3.94. The average Bonchev–Trinajstić information content (AvgIpc) is 2.87. The minimum Gasteiger partial charge on any atom is -0.288 e. The number of hydrogen-bond acceptors (Lipinski definition) is 3. The molecule has 2 nitrogen and oxygen atoms in total. The second kappa shape index (κ2) is 5.14. The number of thiazole rings is 1. The summed E-state index contributed by atoms with van der Waals surface area (Å²) in [4.78, 5) is 14.1. The zero-order valence-corrected chi connectivity index (χ0v) is 10.7. The molecule has 21 heavy (non-hydrogen) atoms. The third kappa shape index (κ3) is 2.78. The largest absolute Gasteiger partial charge is 0.459 e. The Morgan fingerprint density at radius 1 is 1.05 bits per heavy atom. The van der Waals surface area contributed by atoms with Gasteiger partial charge in [-0.3, -0.25) is 4.79 Å². The van der Waals surface area contributed by atoms with Gasteiger partial charge in [0, 0.05) is 5.56 Å². The molecule has 0 aliphatic heterocycles. The van der Waals surface area contributed by atoms with E-state index in [1.807, 2.05) is 0 Å². The Morgan fingerprint density at radius 3 is 2.14 bits per heavy atom. The van der Waals surface area contributed by atoms with Gasteiger partial charge in [-0.1, -0.05) is 0 Å². The first-order valence-corrected chi connectivity index (χ1v) is 6.21. The Labute approximate surface area is 118 Å². The predicted molar refractivity (Wildman–Crippen MR) is 61.9 cm³/mol. The summed E-state index contributed by atoms with van der Waals surface area (Å²) < 4.78 is 76.4. The number of halogens is 6. The highest BCUT2D eigenvalue weighted by atomic mass is 32.1. The average molecular weight is 325 g/mol. The van der Waals surface area contributed by atoms with E-state index in [0.717, 1.165) is 29.8 Å². The molecule has 0 N–H and O–H groups in total. The summed E-state index contributed by atoms with van der Waals surface area (Å²) >= 11 is 0.365. The summed E-state index contributed by atoms with van der Waals surface area (Å²) in [5.41, 5.74) is -1.12. The van der Waals surface area contributed by atoms with E-state index in [1.54, 1.807) is 0 Å². The van der Waals surface area contributed by atoms with Gasteiger partial charge in [0.15, 0.2) is 0 Å². The van der Waals surface area contributed by atoms with Gasteiger partial charge in [-0.2, -0.15) is 22.0 Å². The molecule has 2 rings (SSSR count). The van der Waals surface area contributed by atoms with Crippen LogP contribution in [-0.4, -0.2) is 16.9 Å². The van der Waals surface area contributed by atoms with E-state index in [4.69, 9.17) is 0 Å². The van der Waals surface area contributed by atoms with E-state index in [0.29, 0.717) is 11.3 Å². The van der Waals surface area contributed by atoms with Crippen molar-refractivity contribution in [2.75, 3.05) is 0 Å². The molecule has 0 saturated carbocycles. The molecular weight excluding hydrogens is 320 g/mol. The molecule has 1 aromatic heterocycles. The summed E-state index contributed by atoms with van der Waals surface area (Å²) in [6.07, 6.45) is -5.86. The van der Waals surface area contributed by atoms with Crippen LogP contribution in [0, 0.1) is 5.82 Å². The van der Waals surface area contributed by atoms with E-state index in [1.165, 1.54) is 0 Å². The first-order chi connectivity index (χ1) is 9.64. The lowest BCUT2D eigenvalue weighted by Crippen LogP contribution is -2.35. The van der Waals surface area contributed by atoms with Crippen LogP contribution in [0.2, 0.25) is 0 Å². The lowest BCUT2D eigenvalue weighted by atomic mass is 10.1. The molecule has 0 radical (unpaired) electrons. The van der Waals surface area contributed by atoms with Crippen molar-refractivity contribution in [3.8, 4) is 0 Å². The molecule has 112 valence electrons. The van der Waals surface area contributed by atoms with E-state index < -0.39 is 34.3 Å². The van der Waals surface area contributed by atoms with Gasteiger partial charge in [-0.25, -0.2) is 9.37 Å². The minimum absolute atomic E-state index is 0.208. The van der Waals surface area contributed by atoms with E-state index in [2.05, 4.69) is 4.98 Å². The molecule has 0 atom stereocenters. The zero-order chi connectivity index (χ0) is 15.8. The Morgan fingerprint density at radius 2 is 1.62 bits per heavy atom. The fraction of sp³-hybridized carbons (Fsp3) is 0.167. The molecule has 2 aromatic rings. The van der Waals surface area contributed by atoms with E-state index in [-0.39, 0.29) is 5.56 Å². The Bertz CT molecular complexity index is 661. The summed E-state index contributed by atoms with van der Waals surface area (Å²) in [5.74, 6) is -6.98. The zero-order valence-electron chi connectivity index (χ0n) is 9.92. The van der Waals surface area contributed by atoms with Crippen molar-refractivity contribution in [3.63, 3.8) is 0 Å². The van der Waals surface area contributed by atoms with E-state index >= 15 is 0 Å². The fourth-order valence-electron chi connectivity index (χ4n) is 1.50. The summed E-state index contributed by atoms with van der Waals surface area (Å²) in [7, 11) is 0. The van der Waals surface area contributed by atoms with Crippen molar-refractivity contribution < 1.29 is 31.1 Å². The highest BCUT2D eigenvalue weighted by molar-refractivity contribution is 7.12. The van der Waals surface area contributed by atoms with Crippen molar-refractivity contribution in [1.29, 1.82) is 0 Å². The normalized spacial score (nSPS) is 12.5. The molecule has 0 bridgehead atoms. The first-order valence-electron chi connectivity index (χ1n) is 5.33. The molecule has 0 saturated heterocycles. The van der Waals surface area contributed by atoms with Gasteiger partial charge >= 0.3 is 12.1 Å². The van der Waals surface area contributed by atoms with Gasteiger partial charge in [0.1, 0.15) is 16.4 Å². The molecule has 0 aliphatic rings. The van der Waals surface area contributed by atoms with Crippen molar-refractivity contribution >= 4 is 17.1 Å². The summed E-state index contributed by atoms with van der Waals surface area (Å²) in [6, 6.07) is 3.78. The lowest BCUT2D eigenvalue weighted by Gasteiger charge is -2.18. The van der Waals surface area contributed by atoms with Gasteiger partial charge < -0.3 is 0 Å². The summed E-state index contributed by atoms with van der Waals surface area (Å²) in [6.45, 7) is 0. The highest BCUT2D eigenvalue weighted by Gasteiger charge is 2.61. The lowest BCUT2D eigenvalue weighted by molar-refractivity contribution is -0.290. The molecule has 1 aromatic carbocycles. The maximum atomic E-state index is 13.3. The minimum atomic E-state index is -5.86. The number of carbonyl (C=O) groups excluding carboxylic acids is 1. The molecule has 1 heterocycles. The van der Waals surface area contributed by atoms with Gasteiger partial charge in [-0.05, 0) is 24.3 Å². The number of nitrogens with zero attached hydrogens (tertiary/aromatic N) is 1. The second-order valence-corrected chi connectivity index (χ2v) is 4.79. The maximum absolute atomic E-state index is 13.3. The number of benzene rings is 1. The topological polar surface area (TPSA) is 30.0 Å². The van der Waals surface area contributed by atoms with Gasteiger partial charge in [0.2, 0.25) is 5.78 Å². The number of aromatic nitrogens is 1. The van der Waals surface area contributed by atoms with Crippen molar-refractivity contribution in [2.24, 2.45) is 0 Å². The molecule has 0 fully saturated rings. The third-order valence-corrected chi connectivity index (χ3v) is 3.36. The smallest absolute Gasteiger partial charge is 0.288 e. The van der Waals surface area contributed by atoms with Crippen LogP contribution >= 0.6 is 11.3 Å². The van der Waals surface area contributed by atoms with Gasteiger partial charge in [-0.15, -0.1) is 11.3 Å². The van der Waals surface area contributed by atoms with Crippen LogP contribution in [0.15, 0.2) is 29.8 Å². The van der Waals surface area contributed by atoms with Gasteiger partial charge in [0.25, 0.3) is 0 Å². The quantitative estimate of drug-likeness (QED) is 0.626. The molecular formula is C12H5F6NOS. The Kier molecular flexibility index (Phi) is 3.79. The molecule has 0 amide bonds. The van der Waals surface area contributed by atoms with Crippen molar-refractivity contribution in [3.05, 3.63) is 51.7 Å². The van der Waals surface area contributed by atoms with Crippen LogP contribution in [0.5, 0.6) is 0 Å². The van der Waals surface area contributed by atoms with Crippen LogP contribution in [0.3, 0.4) is 0 Å².